The van der Waals surface area contributed by atoms with Crippen LogP contribution in [0.1, 0.15) is 46.1 Å². The Morgan fingerprint density at radius 3 is 2.00 bits per heavy atom. The van der Waals surface area contributed by atoms with E-state index in [1.807, 2.05) is 0 Å². The topological polar surface area (TPSA) is 3.24 Å². The van der Waals surface area contributed by atoms with Crippen molar-refractivity contribution in [2.24, 2.45) is 0 Å². The minimum atomic E-state index is 1.06. The quantitative estimate of drug-likeness (QED) is 0.600. The van der Waals surface area contributed by atoms with Crippen LogP contribution in [-0.2, 0) is 0 Å². The molecule has 0 aliphatic rings. The Hall–Kier alpha value is -1.50. The first kappa shape index (κ1) is 15.6. The van der Waals surface area contributed by atoms with Crippen LogP contribution in [0.5, 0.6) is 0 Å². The van der Waals surface area contributed by atoms with E-state index in [9.17, 15) is 0 Å². The maximum atomic E-state index is 2.36. The largest absolute Gasteiger partial charge is 0.372 e. The molecule has 19 heavy (non-hydrogen) atoms. The van der Waals surface area contributed by atoms with Crippen molar-refractivity contribution in [2.45, 2.75) is 40.5 Å². The molecule has 0 atom stereocenters. The number of allylic oxidation sites excluding steroid dienone is 3. The summed E-state index contributed by atoms with van der Waals surface area (Å²) in [5, 5.41) is 0. The van der Waals surface area contributed by atoms with Gasteiger partial charge in [-0.1, -0.05) is 49.8 Å². The van der Waals surface area contributed by atoms with E-state index < -0.39 is 0 Å². The third-order valence-corrected chi connectivity index (χ3v) is 3.55. The summed E-state index contributed by atoms with van der Waals surface area (Å²) in [4.78, 5) is 2.36. The summed E-state index contributed by atoms with van der Waals surface area (Å²) in [6, 6.07) is 8.79. The first-order chi connectivity index (χ1) is 9.24. The molecule has 0 saturated carbocycles. The zero-order valence-electron chi connectivity index (χ0n) is 12.8. The van der Waals surface area contributed by atoms with Crippen LogP contribution in [0.2, 0.25) is 0 Å². The molecule has 0 saturated heterocycles. The number of hydrogen-bond donors (Lipinski definition) is 0. The summed E-state index contributed by atoms with van der Waals surface area (Å²) in [6.45, 7) is 10.9. The monoisotopic (exact) mass is 257 g/mol. The normalized spacial score (nSPS) is 10.7. The van der Waals surface area contributed by atoms with Gasteiger partial charge in [0.15, 0.2) is 0 Å². The molecule has 1 aromatic carbocycles. The molecule has 0 fully saturated rings. The molecule has 0 aromatic heterocycles. The average molecular weight is 257 g/mol. The number of hydrogen-bond acceptors (Lipinski definition) is 1. The molecular formula is C18H27N. The summed E-state index contributed by atoms with van der Waals surface area (Å²) in [6.07, 6.45) is 8.86. The van der Waals surface area contributed by atoms with Crippen LogP contribution in [0, 0.1) is 0 Å². The van der Waals surface area contributed by atoms with Gasteiger partial charge in [-0.05, 0) is 44.4 Å². The number of nitrogens with zero attached hydrogens (tertiary/aromatic N) is 1. The average Bonchev–Trinajstić information content (AvgIpc) is 2.46. The summed E-state index contributed by atoms with van der Waals surface area (Å²) in [5.41, 5.74) is 4.07. The second kappa shape index (κ2) is 8.58. The maximum absolute atomic E-state index is 2.36. The highest BCUT2D eigenvalue weighted by molar-refractivity contribution is 5.57. The Morgan fingerprint density at radius 1 is 0.947 bits per heavy atom. The minimum absolute atomic E-state index is 1.06. The van der Waals surface area contributed by atoms with E-state index in [0.717, 1.165) is 25.9 Å². The molecule has 0 radical (unpaired) electrons. The van der Waals surface area contributed by atoms with E-state index in [4.69, 9.17) is 0 Å². The van der Waals surface area contributed by atoms with Gasteiger partial charge in [0.05, 0.1) is 0 Å². The Bertz CT molecular complexity index is 402. The van der Waals surface area contributed by atoms with Crippen molar-refractivity contribution in [1.29, 1.82) is 0 Å². The van der Waals surface area contributed by atoms with Crippen molar-refractivity contribution >= 4 is 11.8 Å². The van der Waals surface area contributed by atoms with Crippen molar-refractivity contribution < 1.29 is 0 Å². The van der Waals surface area contributed by atoms with Crippen LogP contribution in [0.3, 0.4) is 0 Å². The fraction of sp³-hybridized carbons (Fsp3) is 0.444. The highest BCUT2D eigenvalue weighted by Crippen LogP contribution is 2.16. The van der Waals surface area contributed by atoms with E-state index in [2.05, 4.69) is 75.1 Å². The fourth-order valence-corrected chi connectivity index (χ4v) is 2.17. The Labute approximate surface area is 118 Å². The first-order valence-corrected chi connectivity index (χ1v) is 7.46. The number of anilines is 1. The lowest BCUT2D eigenvalue weighted by Gasteiger charge is -2.20. The van der Waals surface area contributed by atoms with E-state index in [1.54, 1.807) is 0 Å². The maximum Gasteiger partial charge on any atom is 0.0366 e. The lowest BCUT2D eigenvalue weighted by molar-refractivity contribution is 0.866. The molecule has 0 unspecified atom stereocenters. The molecule has 1 aromatic rings. The van der Waals surface area contributed by atoms with Crippen molar-refractivity contribution in [3.63, 3.8) is 0 Å². The van der Waals surface area contributed by atoms with Crippen molar-refractivity contribution in [2.75, 3.05) is 18.0 Å². The van der Waals surface area contributed by atoms with Gasteiger partial charge in [-0.25, -0.2) is 0 Å². The smallest absolute Gasteiger partial charge is 0.0366 e. The van der Waals surface area contributed by atoms with E-state index in [0.29, 0.717) is 0 Å². The van der Waals surface area contributed by atoms with Gasteiger partial charge in [0.1, 0.15) is 0 Å². The van der Waals surface area contributed by atoms with E-state index >= 15 is 0 Å². The molecule has 0 aliphatic carbocycles. The molecule has 1 heteroatoms. The Balaban J connectivity index is 2.71. The molecule has 0 aliphatic heterocycles. The summed E-state index contributed by atoms with van der Waals surface area (Å²) in [7, 11) is 0. The zero-order valence-corrected chi connectivity index (χ0v) is 12.8. The lowest BCUT2D eigenvalue weighted by atomic mass is 10.1. The third kappa shape index (κ3) is 4.94. The van der Waals surface area contributed by atoms with Gasteiger partial charge >= 0.3 is 0 Å². The molecule has 1 rings (SSSR count). The highest BCUT2D eigenvalue weighted by Gasteiger charge is 1.99. The summed E-state index contributed by atoms with van der Waals surface area (Å²) in [5.74, 6) is 0. The zero-order chi connectivity index (χ0) is 14.1. The van der Waals surface area contributed by atoms with Gasteiger partial charge in [0.2, 0.25) is 0 Å². The Kier molecular flexibility index (Phi) is 7.02. The molecule has 0 amide bonds. The SMILES string of the molecule is CCC(=CC=Cc1ccc(N(CC)CC)cc1)CC. The van der Waals surface area contributed by atoms with Gasteiger partial charge in [0.25, 0.3) is 0 Å². The van der Waals surface area contributed by atoms with Gasteiger partial charge in [0, 0.05) is 18.8 Å². The lowest BCUT2D eigenvalue weighted by Crippen LogP contribution is -2.21. The Morgan fingerprint density at radius 2 is 1.53 bits per heavy atom. The minimum Gasteiger partial charge on any atom is -0.372 e. The molecule has 104 valence electrons. The van der Waals surface area contributed by atoms with Crippen LogP contribution in [0.15, 0.2) is 42.0 Å². The molecular weight excluding hydrogens is 230 g/mol. The van der Waals surface area contributed by atoms with Gasteiger partial charge in [-0.3, -0.25) is 0 Å². The number of rotatable bonds is 7. The second-order valence-corrected chi connectivity index (χ2v) is 4.65. The van der Waals surface area contributed by atoms with Crippen molar-refractivity contribution in [3.05, 3.63) is 47.6 Å². The molecule has 1 nitrogen and oxygen atoms in total. The van der Waals surface area contributed by atoms with Crippen molar-refractivity contribution in [1.82, 2.24) is 0 Å². The van der Waals surface area contributed by atoms with Gasteiger partial charge in [-0.2, -0.15) is 0 Å². The van der Waals surface area contributed by atoms with Crippen molar-refractivity contribution in [3.8, 4) is 0 Å². The van der Waals surface area contributed by atoms with Crippen LogP contribution < -0.4 is 4.90 Å². The molecule has 0 heterocycles. The third-order valence-electron chi connectivity index (χ3n) is 3.55. The molecule has 0 spiro atoms. The number of benzene rings is 1. The standard InChI is InChI=1S/C18H27N/c1-5-16(6-2)10-9-11-17-12-14-18(15-13-17)19(7-3)8-4/h9-15H,5-8H2,1-4H3. The van der Waals surface area contributed by atoms with Crippen LogP contribution >= 0.6 is 0 Å². The van der Waals surface area contributed by atoms with Gasteiger partial charge in [-0.15, -0.1) is 0 Å². The fourth-order valence-electron chi connectivity index (χ4n) is 2.17. The second-order valence-electron chi connectivity index (χ2n) is 4.65. The molecule has 0 N–H and O–H groups in total. The van der Waals surface area contributed by atoms with Crippen LogP contribution in [-0.4, -0.2) is 13.1 Å². The van der Waals surface area contributed by atoms with Crippen LogP contribution in [0.4, 0.5) is 5.69 Å². The molecule has 0 bridgehead atoms. The van der Waals surface area contributed by atoms with Crippen LogP contribution in [0.25, 0.3) is 6.08 Å². The highest BCUT2D eigenvalue weighted by atomic mass is 15.1. The predicted octanol–water partition coefficient (Wildman–Crippen LogP) is 5.29. The first-order valence-electron chi connectivity index (χ1n) is 7.46. The van der Waals surface area contributed by atoms with E-state index in [-0.39, 0.29) is 0 Å². The van der Waals surface area contributed by atoms with E-state index in [1.165, 1.54) is 16.8 Å². The van der Waals surface area contributed by atoms with Gasteiger partial charge < -0.3 is 4.90 Å². The predicted molar refractivity (Wildman–Crippen MR) is 87.7 cm³/mol. The summed E-state index contributed by atoms with van der Waals surface area (Å²) >= 11 is 0. The summed E-state index contributed by atoms with van der Waals surface area (Å²) < 4.78 is 0.